The Bertz CT molecular complexity index is 4680. The van der Waals surface area contributed by atoms with Crippen LogP contribution in [0.2, 0.25) is 0 Å². The van der Waals surface area contributed by atoms with E-state index in [9.17, 15) is 0 Å². The summed E-state index contributed by atoms with van der Waals surface area (Å²) in [6.45, 7) is 11.1. The molecule has 0 saturated heterocycles. The van der Waals surface area contributed by atoms with Gasteiger partial charge in [-0.2, -0.15) is 0 Å². The second-order valence-corrected chi connectivity index (χ2v) is 22.7. The van der Waals surface area contributed by atoms with Crippen molar-refractivity contribution in [3.63, 3.8) is 0 Å². The van der Waals surface area contributed by atoms with Crippen molar-refractivity contribution >= 4 is 88.5 Å². The molecule has 0 radical (unpaired) electrons. The molecule has 4 aliphatic carbocycles. The molecule has 83 heavy (non-hydrogen) atoms. The zero-order chi connectivity index (χ0) is 55.7. The Morgan fingerprint density at radius 3 is 1.90 bits per heavy atom. The average Bonchev–Trinajstić information content (AvgIpc) is 2.50. The summed E-state index contributed by atoms with van der Waals surface area (Å²) in [7, 11) is 0. The van der Waals surface area contributed by atoms with Gasteiger partial charge in [-0.25, -0.2) is 0 Å². The van der Waals surface area contributed by atoms with Crippen molar-refractivity contribution in [2.24, 2.45) is 11.8 Å². The van der Waals surface area contributed by atoms with Gasteiger partial charge in [-0.1, -0.05) is 195 Å². The minimum Gasteiger partial charge on any atom is -0.338 e. The Balaban J connectivity index is 0.924. The van der Waals surface area contributed by atoms with Crippen molar-refractivity contribution in [1.82, 2.24) is 9.13 Å². The molecule has 15 rings (SSSR count). The minimum atomic E-state index is 0.207. The van der Waals surface area contributed by atoms with Gasteiger partial charge < -0.3 is 18.9 Å². The van der Waals surface area contributed by atoms with Gasteiger partial charge in [0.05, 0.1) is 28.5 Å². The van der Waals surface area contributed by atoms with Crippen molar-refractivity contribution in [1.29, 1.82) is 0 Å². The van der Waals surface area contributed by atoms with Gasteiger partial charge in [-0.05, 0) is 174 Å². The first kappa shape index (κ1) is 50.1. The molecular weight excluding hydrogens is 1000 g/mol. The summed E-state index contributed by atoms with van der Waals surface area (Å²) in [6, 6.07) is 65.6. The third-order valence-electron chi connectivity index (χ3n) is 18.0. The van der Waals surface area contributed by atoms with Crippen molar-refractivity contribution in [2.75, 3.05) is 9.80 Å². The first-order chi connectivity index (χ1) is 40.9. The lowest BCUT2D eigenvalue weighted by molar-refractivity contribution is 0.652. The lowest BCUT2D eigenvalue weighted by Crippen LogP contribution is -2.36. The van der Waals surface area contributed by atoms with Crippen molar-refractivity contribution in [3.05, 3.63) is 307 Å². The standard InChI is InChI=1S/C79H64N4/c1-5-7-21-54(6-2)76-52(3)72-50-60-35-47-71-75-61(34-46-70(74(60)75)78(72)82(76)66-42-38-64(39-43-66)80(62-28-13-9-14-29-62)68-36-32-55-22-17-19-26-58(55)48-68)51-73-53(4)77(57-24-11-8-12-25-57)83(79(71)73)67-44-40-65(41-45-67)81(63-30-15-10-16-31-63)69-37-33-56-23-18-20-27-59(56)49-69/h5-40,42-44,46-48,50-51,55,58,69H,2,41,45,49H2,1,3-4H3/b7-5-,54-21+. The summed E-state index contributed by atoms with van der Waals surface area (Å²) in [5.74, 6) is 0.682. The maximum absolute atomic E-state index is 4.42. The van der Waals surface area contributed by atoms with Gasteiger partial charge in [0.1, 0.15) is 0 Å². The van der Waals surface area contributed by atoms with Crippen LogP contribution in [-0.2, 0) is 6.42 Å². The Morgan fingerprint density at radius 2 is 1.22 bits per heavy atom. The van der Waals surface area contributed by atoms with Crippen molar-refractivity contribution in [3.8, 4) is 16.9 Å². The van der Waals surface area contributed by atoms with Gasteiger partial charge in [0.25, 0.3) is 0 Å². The summed E-state index contributed by atoms with van der Waals surface area (Å²) < 4.78 is 5.15. The predicted molar refractivity (Wildman–Crippen MR) is 355 cm³/mol. The SMILES string of the molecule is C=C/C(=C\C=C/C)c1c(C)c2cc3ccc4c5c(ccc(c35)c2n1-c1ccc(N(C2=CC3C=CC=CC3C=C2)c2ccccc2)cc1)cc1c(C)c(-c2ccccc2)n(C2=CC=C(N(c3ccccc3)C3C=Cc5ccccc5C3)CC2)c14. The van der Waals surface area contributed by atoms with Crippen molar-refractivity contribution in [2.45, 2.75) is 46.1 Å². The van der Waals surface area contributed by atoms with Crippen molar-refractivity contribution < 1.29 is 0 Å². The number of hydrogen-bond acceptors (Lipinski definition) is 2. The van der Waals surface area contributed by atoms with Crippen LogP contribution in [0.3, 0.4) is 0 Å². The predicted octanol–water partition coefficient (Wildman–Crippen LogP) is 20.5. The highest BCUT2D eigenvalue weighted by molar-refractivity contribution is 6.33. The minimum absolute atomic E-state index is 0.207. The molecule has 0 spiro atoms. The Kier molecular flexibility index (Phi) is 12.4. The average molecular weight is 1070 g/mol. The van der Waals surface area contributed by atoms with Crippen LogP contribution in [0.15, 0.2) is 279 Å². The van der Waals surface area contributed by atoms with E-state index in [1.165, 1.54) is 110 Å². The number of nitrogens with zero attached hydrogens (tertiary/aromatic N) is 4. The van der Waals surface area contributed by atoms with E-state index in [2.05, 4.69) is 307 Å². The maximum atomic E-state index is 4.42. The number of rotatable bonds is 12. The van der Waals surface area contributed by atoms with E-state index in [1.54, 1.807) is 0 Å². The van der Waals surface area contributed by atoms with Crippen LogP contribution in [0.25, 0.3) is 88.4 Å². The summed E-state index contributed by atoms with van der Waals surface area (Å²) in [5.41, 5.74) is 20.7. The van der Waals surface area contributed by atoms with Gasteiger partial charge in [-0.15, -0.1) is 0 Å². The highest BCUT2D eigenvalue weighted by atomic mass is 15.2. The summed E-state index contributed by atoms with van der Waals surface area (Å²) >= 11 is 0. The zero-order valence-corrected chi connectivity index (χ0v) is 47.3. The number of hydrogen-bond donors (Lipinski definition) is 0. The lowest BCUT2D eigenvalue weighted by Gasteiger charge is -2.37. The number of aryl methyl sites for hydroxylation is 2. The van der Waals surface area contributed by atoms with Gasteiger partial charge in [0.15, 0.2) is 0 Å². The first-order valence-electron chi connectivity index (χ1n) is 29.5. The smallest absolute Gasteiger partial charge is 0.0616 e. The molecule has 9 aromatic carbocycles. The number of anilines is 3. The molecule has 0 fully saturated rings. The molecule has 3 atom stereocenters. The largest absolute Gasteiger partial charge is 0.338 e. The van der Waals surface area contributed by atoms with E-state index >= 15 is 0 Å². The van der Waals surface area contributed by atoms with Crippen LogP contribution >= 0.6 is 0 Å². The Labute approximate surface area is 486 Å². The molecule has 2 aromatic heterocycles. The van der Waals surface area contributed by atoms with E-state index in [1.807, 2.05) is 6.08 Å². The normalized spacial score (nSPS) is 17.7. The second-order valence-electron chi connectivity index (χ2n) is 22.7. The zero-order valence-electron chi connectivity index (χ0n) is 47.3. The second kappa shape index (κ2) is 20.6. The lowest BCUT2D eigenvalue weighted by atomic mass is 9.84. The molecular formula is C79H64N4. The highest BCUT2D eigenvalue weighted by Gasteiger charge is 2.30. The fourth-order valence-corrected chi connectivity index (χ4v) is 14.2. The van der Waals surface area contributed by atoms with Crippen LogP contribution in [0.1, 0.15) is 47.7 Å². The van der Waals surface area contributed by atoms with Crippen LogP contribution < -0.4 is 9.80 Å². The molecule has 0 amide bonds. The molecule has 3 unspecified atom stereocenters. The molecule has 400 valence electrons. The molecule has 0 bridgehead atoms. The summed E-state index contributed by atoms with van der Waals surface area (Å²) in [4.78, 5) is 4.98. The van der Waals surface area contributed by atoms with E-state index < -0.39 is 0 Å². The summed E-state index contributed by atoms with van der Waals surface area (Å²) in [5, 5.41) is 10.1. The van der Waals surface area contributed by atoms with Crippen LogP contribution in [0, 0.1) is 25.7 Å². The van der Waals surface area contributed by atoms with E-state index in [4.69, 9.17) is 0 Å². The fraction of sp³-hybridized carbons (Fsp3) is 0.114. The maximum Gasteiger partial charge on any atom is 0.0616 e. The molecule has 4 aliphatic rings. The van der Waals surface area contributed by atoms with Gasteiger partial charge in [0.2, 0.25) is 0 Å². The fourth-order valence-electron chi connectivity index (χ4n) is 14.2. The quantitative estimate of drug-likeness (QED) is 0.0895. The van der Waals surface area contributed by atoms with Crippen LogP contribution in [0.4, 0.5) is 17.1 Å². The van der Waals surface area contributed by atoms with E-state index in [0.29, 0.717) is 11.8 Å². The number of fused-ring (bicyclic) bond motifs is 6. The molecule has 4 nitrogen and oxygen atoms in total. The molecule has 2 heterocycles. The van der Waals surface area contributed by atoms with Crippen LogP contribution in [0.5, 0.6) is 0 Å². The molecule has 11 aromatic rings. The molecule has 0 N–H and O–H groups in total. The number of para-hydroxylation sites is 2. The molecule has 0 saturated carbocycles. The van der Waals surface area contributed by atoms with Gasteiger partial charge >= 0.3 is 0 Å². The number of allylic oxidation sites excluding steroid dienone is 16. The molecule has 4 heteroatoms. The monoisotopic (exact) mass is 1070 g/mol. The molecule has 0 aliphatic heterocycles. The number of aromatic nitrogens is 2. The van der Waals surface area contributed by atoms with Gasteiger partial charge in [0, 0.05) is 73.2 Å². The van der Waals surface area contributed by atoms with E-state index in [-0.39, 0.29) is 6.04 Å². The third kappa shape index (κ3) is 8.34. The highest BCUT2D eigenvalue weighted by Crippen LogP contribution is 2.49. The summed E-state index contributed by atoms with van der Waals surface area (Å²) in [6.07, 6.45) is 36.8. The number of benzene rings is 9. The van der Waals surface area contributed by atoms with Gasteiger partial charge in [-0.3, -0.25) is 0 Å². The third-order valence-corrected chi connectivity index (χ3v) is 18.0. The Morgan fingerprint density at radius 1 is 0.578 bits per heavy atom. The topological polar surface area (TPSA) is 16.3 Å². The first-order valence-corrected chi connectivity index (χ1v) is 29.5. The van der Waals surface area contributed by atoms with Crippen LogP contribution in [-0.4, -0.2) is 15.2 Å². The van der Waals surface area contributed by atoms with E-state index in [0.717, 1.165) is 47.6 Å². The Hall–Kier alpha value is -9.90.